The van der Waals surface area contributed by atoms with Crippen molar-refractivity contribution < 1.29 is 14.3 Å². The molecular weight excluding hydrogens is 368 g/mol. The second-order valence-electron chi connectivity index (χ2n) is 5.88. The number of halogens is 1. The van der Waals surface area contributed by atoms with Crippen LogP contribution in [0, 0.1) is 6.92 Å². The summed E-state index contributed by atoms with van der Waals surface area (Å²) in [5, 5.41) is 6.41. The first kappa shape index (κ1) is 17.1. The van der Waals surface area contributed by atoms with E-state index in [0.717, 1.165) is 11.3 Å². The van der Waals surface area contributed by atoms with E-state index in [-0.39, 0.29) is 18.4 Å². The summed E-state index contributed by atoms with van der Waals surface area (Å²) in [6.45, 7) is 2.10. The van der Waals surface area contributed by atoms with Crippen LogP contribution in [-0.4, -0.2) is 22.7 Å². The lowest BCUT2D eigenvalue weighted by Crippen LogP contribution is -2.14. The van der Waals surface area contributed by atoms with Crippen LogP contribution in [0.3, 0.4) is 0 Å². The van der Waals surface area contributed by atoms with Gasteiger partial charge in [-0.1, -0.05) is 17.7 Å². The Hall–Kier alpha value is -3.32. The number of anilines is 3. The summed E-state index contributed by atoms with van der Waals surface area (Å²) < 4.78 is 10.6. The maximum absolute atomic E-state index is 12.5. The van der Waals surface area contributed by atoms with E-state index in [1.54, 1.807) is 24.3 Å². The van der Waals surface area contributed by atoms with Gasteiger partial charge in [-0.05, 0) is 42.8 Å². The standard InChI is InChI=1S/C19H15ClN4O3/c1-11-2-3-12(8-14(11)20)22-18(25)15-6-7-21-19(24-15)23-13-4-5-16-17(9-13)27-10-26-16/h2-9H,10H2,1H3,(H,22,25)(H,21,23,24). The van der Waals surface area contributed by atoms with Crippen LogP contribution in [0.25, 0.3) is 0 Å². The quantitative estimate of drug-likeness (QED) is 0.704. The Morgan fingerprint density at radius 2 is 1.89 bits per heavy atom. The fourth-order valence-electron chi connectivity index (χ4n) is 2.51. The second kappa shape index (κ2) is 7.13. The Labute approximate surface area is 160 Å². The highest BCUT2D eigenvalue weighted by molar-refractivity contribution is 6.31. The second-order valence-corrected chi connectivity index (χ2v) is 6.28. The highest BCUT2D eigenvalue weighted by atomic mass is 35.5. The van der Waals surface area contributed by atoms with Crippen molar-refractivity contribution in [3.8, 4) is 11.5 Å². The molecule has 0 saturated heterocycles. The van der Waals surface area contributed by atoms with Crippen molar-refractivity contribution in [2.45, 2.75) is 6.92 Å². The molecule has 1 amide bonds. The van der Waals surface area contributed by atoms with Crippen molar-refractivity contribution in [1.29, 1.82) is 0 Å². The Morgan fingerprint density at radius 1 is 1.07 bits per heavy atom. The molecule has 4 rings (SSSR count). The molecule has 2 N–H and O–H groups in total. The first-order valence-corrected chi connectivity index (χ1v) is 8.53. The number of rotatable bonds is 4. The van der Waals surface area contributed by atoms with Crippen LogP contribution < -0.4 is 20.1 Å². The van der Waals surface area contributed by atoms with Gasteiger partial charge in [0.15, 0.2) is 11.5 Å². The Bertz CT molecular complexity index is 1030. The topological polar surface area (TPSA) is 85.4 Å². The molecule has 0 atom stereocenters. The molecule has 0 fully saturated rings. The third kappa shape index (κ3) is 3.78. The molecule has 0 radical (unpaired) electrons. The predicted molar refractivity (Wildman–Crippen MR) is 102 cm³/mol. The molecule has 0 aliphatic carbocycles. The molecule has 2 heterocycles. The maximum Gasteiger partial charge on any atom is 0.274 e. The number of carbonyl (C=O) groups is 1. The molecule has 0 unspecified atom stereocenters. The van der Waals surface area contributed by atoms with Crippen LogP contribution in [0.2, 0.25) is 5.02 Å². The summed E-state index contributed by atoms with van der Waals surface area (Å²) in [6.07, 6.45) is 1.51. The summed E-state index contributed by atoms with van der Waals surface area (Å²) in [5.74, 6) is 1.27. The molecule has 1 aromatic heterocycles. The van der Waals surface area contributed by atoms with Crippen molar-refractivity contribution in [1.82, 2.24) is 9.97 Å². The van der Waals surface area contributed by atoms with Crippen molar-refractivity contribution in [3.63, 3.8) is 0 Å². The molecule has 2 aromatic carbocycles. The minimum atomic E-state index is -0.356. The molecule has 8 heteroatoms. The highest BCUT2D eigenvalue weighted by Gasteiger charge is 2.14. The molecule has 0 bridgehead atoms. The molecule has 1 aliphatic rings. The lowest BCUT2D eigenvalue weighted by molar-refractivity contribution is 0.102. The third-order valence-corrected chi connectivity index (χ3v) is 4.35. The number of carbonyl (C=O) groups excluding carboxylic acids is 1. The molecule has 27 heavy (non-hydrogen) atoms. The van der Waals surface area contributed by atoms with Gasteiger partial charge in [0, 0.05) is 28.7 Å². The van der Waals surface area contributed by atoms with Crippen molar-refractivity contribution >= 4 is 34.8 Å². The number of hydrogen-bond acceptors (Lipinski definition) is 6. The number of amides is 1. The van der Waals surface area contributed by atoms with E-state index in [0.29, 0.717) is 28.2 Å². The fraction of sp³-hybridized carbons (Fsp3) is 0.105. The largest absolute Gasteiger partial charge is 0.454 e. The third-order valence-electron chi connectivity index (χ3n) is 3.95. The number of nitrogens with zero attached hydrogens (tertiary/aromatic N) is 2. The number of benzene rings is 2. The minimum Gasteiger partial charge on any atom is -0.454 e. The van der Waals surface area contributed by atoms with E-state index in [2.05, 4.69) is 20.6 Å². The maximum atomic E-state index is 12.5. The van der Waals surface area contributed by atoms with Crippen molar-refractivity contribution in [3.05, 3.63) is 64.9 Å². The van der Waals surface area contributed by atoms with Gasteiger partial charge in [0.05, 0.1) is 0 Å². The molecule has 136 valence electrons. The van der Waals surface area contributed by atoms with Crippen molar-refractivity contribution in [2.75, 3.05) is 17.4 Å². The van der Waals surface area contributed by atoms with Gasteiger partial charge in [-0.2, -0.15) is 0 Å². The lowest BCUT2D eigenvalue weighted by atomic mass is 10.2. The summed E-state index contributed by atoms with van der Waals surface area (Å²) in [6, 6.07) is 12.3. The van der Waals surface area contributed by atoms with Gasteiger partial charge in [-0.15, -0.1) is 0 Å². The van der Waals surface area contributed by atoms with Gasteiger partial charge in [-0.25, -0.2) is 9.97 Å². The summed E-state index contributed by atoms with van der Waals surface area (Å²) in [7, 11) is 0. The molecule has 0 spiro atoms. The van der Waals surface area contributed by atoms with Gasteiger partial charge < -0.3 is 20.1 Å². The Kier molecular flexibility index (Phi) is 4.52. The smallest absolute Gasteiger partial charge is 0.274 e. The van der Waals surface area contributed by atoms with E-state index in [1.807, 2.05) is 19.1 Å². The van der Waals surface area contributed by atoms with Gasteiger partial charge in [0.25, 0.3) is 5.91 Å². The average molecular weight is 383 g/mol. The zero-order chi connectivity index (χ0) is 18.8. The Balaban J connectivity index is 1.49. The Morgan fingerprint density at radius 3 is 2.74 bits per heavy atom. The lowest BCUT2D eigenvalue weighted by Gasteiger charge is -2.09. The number of fused-ring (bicyclic) bond motifs is 1. The van der Waals surface area contributed by atoms with E-state index in [9.17, 15) is 4.79 Å². The molecule has 0 saturated carbocycles. The number of aryl methyl sites for hydroxylation is 1. The molecule has 3 aromatic rings. The zero-order valence-electron chi connectivity index (χ0n) is 14.3. The predicted octanol–water partition coefficient (Wildman–Crippen LogP) is 4.16. The first-order chi connectivity index (χ1) is 13.1. The van der Waals surface area contributed by atoms with E-state index >= 15 is 0 Å². The fourth-order valence-corrected chi connectivity index (χ4v) is 2.70. The molecular formula is C19H15ClN4O3. The zero-order valence-corrected chi connectivity index (χ0v) is 15.1. The number of hydrogen-bond donors (Lipinski definition) is 2. The average Bonchev–Trinajstić information content (AvgIpc) is 3.13. The van der Waals surface area contributed by atoms with E-state index < -0.39 is 0 Å². The van der Waals surface area contributed by atoms with Gasteiger partial charge in [0.1, 0.15) is 5.69 Å². The minimum absolute atomic E-state index is 0.202. The summed E-state index contributed by atoms with van der Waals surface area (Å²) in [4.78, 5) is 20.9. The normalized spacial score (nSPS) is 11.9. The van der Waals surface area contributed by atoms with Gasteiger partial charge >= 0.3 is 0 Å². The van der Waals surface area contributed by atoms with E-state index in [1.165, 1.54) is 12.3 Å². The molecule has 7 nitrogen and oxygen atoms in total. The summed E-state index contributed by atoms with van der Waals surface area (Å²) >= 11 is 6.09. The summed E-state index contributed by atoms with van der Waals surface area (Å²) in [5.41, 5.74) is 2.48. The van der Waals surface area contributed by atoms with Crippen molar-refractivity contribution in [2.24, 2.45) is 0 Å². The highest BCUT2D eigenvalue weighted by Crippen LogP contribution is 2.34. The van der Waals surface area contributed by atoms with Gasteiger partial charge in [0.2, 0.25) is 12.7 Å². The van der Waals surface area contributed by atoms with Crippen LogP contribution in [0.1, 0.15) is 16.1 Å². The number of ether oxygens (including phenoxy) is 2. The number of aromatic nitrogens is 2. The van der Waals surface area contributed by atoms with Crippen LogP contribution in [0.4, 0.5) is 17.3 Å². The van der Waals surface area contributed by atoms with E-state index in [4.69, 9.17) is 21.1 Å². The van der Waals surface area contributed by atoms with Crippen LogP contribution in [0.15, 0.2) is 48.7 Å². The van der Waals surface area contributed by atoms with Crippen LogP contribution >= 0.6 is 11.6 Å². The van der Waals surface area contributed by atoms with Gasteiger partial charge in [-0.3, -0.25) is 4.79 Å². The first-order valence-electron chi connectivity index (χ1n) is 8.16. The SMILES string of the molecule is Cc1ccc(NC(=O)c2ccnc(Nc3ccc4c(c3)OCO4)n2)cc1Cl. The monoisotopic (exact) mass is 382 g/mol. The molecule has 1 aliphatic heterocycles. The van der Waals surface area contributed by atoms with Crippen LogP contribution in [-0.2, 0) is 0 Å². The number of nitrogens with one attached hydrogen (secondary N) is 2. The van der Waals surface area contributed by atoms with Crippen LogP contribution in [0.5, 0.6) is 11.5 Å².